The fourth-order valence-corrected chi connectivity index (χ4v) is 1.98. The zero-order valence-electron chi connectivity index (χ0n) is 11.1. The maximum absolute atomic E-state index is 11.8. The molecule has 0 spiro atoms. The van der Waals surface area contributed by atoms with Crippen LogP contribution >= 0.6 is 0 Å². The van der Waals surface area contributed by atoms with E-state index < -0.39 is 0 Å². The maximum atomic E-state index is 11.8. The van der Waals surface area contributed by atoms with Crippen LogP contribution in [-0.4, -0.2) is 60.5 Å². The number of hydrogen-bond acceptors (Lipinski definition) is 5. The van der Waals surface area contributed by atoms with Gasteiger partial charge in [-0.1, -0.05) is 0 Å². The number of amides is 1. The topological polar surface area (TPSA) is 61.4 Å². The molecule has 0 bridgehead atoms. The van der Waals surface area contributed by atoms with E-state index >= 15 is 0 Å². The van der Waals surface area contributed by atoms with Crippen LogP contribution < -0.4 is 10.2 Å². The van der Waals surface area contributed by atoms with Crippen LogP contribution in [0.25, 0.3) is 0 Å². The molecule has 1 aliphatic heterocycles. The average Bonchev–Trinajstić information content (AvgIpc) is 2.38. The largest absolute Gasteiger partial charge is 0.352 e. The first-order valence-corrected chi connectivity index (χ1v) is 6.10. The van der Waals surface area contributed by atoms with Gasteiger partial charge in [0, 0.05) is 39.8 Å². The van der Waals surface area contributed by atoms with Gasteiger partial charge in [0.05, 0.1) is 12.4 Å². The molecule has 1 saturated heterocycles. The van der Waals surface area contributed by atoms with E-state index in [1.165, 1.54) is 11.1 Å². The SMILES string of the molecule is C[C@H]1CN(c2cncc(C(=O)N(C)C)n2)CCN1. The van der Waals surface area contributed by atoms with Crippen molar-refractivity contribution >= 4 is 11.7 Å². The number of piperazine rings is 1. The predicted octanol–water partition coefficient (Wildman–Crippen LogP) is -0.0235. The number of nitrogens with one attached hydrogen (secondary N) is 1. The molecule has 1 atom stereocenters. The van der Waals surface area contributed by atoms with Crippen LogP contribution in [0.4, 0.5) is 5.82 Å². The second kappa shape index (κ2) is 5.30. The molecule has 0 aromatic carbocycles. The Bertz CT molecular complexity index is 434. The zero-order valence-corrected chi connectivity index (χ0v) is 11.1. The Morgan fingerprint density at radius 2 is 2.28 bits per heavy atom. The number of aromatic nitrogens is 2. The fraction of sp³-hybridized carbons (Fsp3) is 0.583. The first kappa shape index (κ1) is 12.8. The Hall–Kier alpha value is -1.69. The van der Waals surface area contributed by atoms with Gasteiger partial charge in [-0.2, -0.15) is 0 Å². The normalized spacial score (nSPS) is 19.7. The average molecular weight is 249 g/mol. The second-order valence-corrected chi connectivity index (χ2v) is 4.76. The van der Waals surface area contributed by atoms with Crippen molar-refractivity contribution < 1.29 is 4.79 Å². The minimum atomic E-state index is -0.118. The van der Waals surface area contributed by atoms with Crippen LogP contribution in [0, 0.1) is 0 Å². The Balaban J connectivity index is 2.19. The second-order valence-electron chi connectivity index (χ2n) is 4.76. The minimum absolute atomic E-state index is 0.118. The van der Waals surface area contributed by atoms with Crippen molar-refractivity contribution in [1.29, 1.82) is 0 Å². The van der Waals surface area contributed by atoms with E-state index in [1.807, 2.05) is 0 Å². The van der Waals surface area contributed by atoms with Gasteiger partial charge >= 0.3 is 0 Å². The summed E-state index contributed by atoms with van der Waals surface area (Å²) in [7, 11) is 3.42. The van der Waals surface area contributed by atoms with Crippen molar-refractivity contribution in [2.24, 2.45) is 0 Å². The van der Waals surface area contributed by atoms with Crippen molar-refractivity contribution in [1.82, 2.24) is 20.2 Å². The molecular weight excluding hydrogens is 230 g/mol. The van der Waals surface area contributed by atoms with E-state index in [1.54, 1.807) is 20.3 Å². The molecule has 1 aromatic heterocycles. The molecule has 6 heteroatoms. The number of hydrogen-bond donors (Lipinski definition) is 1. The standard InChI is InChI=1S/C12H19N5O/c1-9-8-17(5-4-14-9)11-7-13-6-10(15-11)12(18)16(2)3/h6-7,9,14H,4-5,8H2,1-3H3/t9-/m0/s1. The lowest BCUT2D eigenvalue weighted by Crippen LogP contribution is -2.49. The van der Waals surface area contributed by atoms with Crippen molar-refractivity contribution in [2.75, 3.05) is 38.6 Å². The predicted molar refractivity (Wildman–Crippen MR) is 69.7 cm³/mol. The monoisotopic (exact) mass is 249 g/mol. The molecule has 6 nitrogen and oxygen atoms in total. The fourth-order valence-electron chi connectivity index (χ4n) is 1.98. The summed E-state index contributed by atoms with van der Waals surface area (Å²) in [6, 6.07) is 0.425. The maximum Gasteiger partial charge on any atom is 0.273 e. The Morgan fingerprint density at radius 3 is 2.94 bits per heavy atom. The van der Waals surface area contributed by atoms with Crippen molar-refractivity contribution in [2.45, 2.75) is 13.0 Å². The first-order chi connectivity index (χ1) is 8.58. The number of carbonyl (C=O) groups is 1. The van der Waals surface area contributed by atoms with Gasteiger partial charge in [-0.3, -0.25) is 9.78 Å². The minimum Gasteiger partial charge on any atom is -0.352 e. The van der Waals surface area contributed by atoms with Gasteiger partial charge in [-0.25, -0.2) is 4.98 Å². The summed E-state index contributed by atoms with van der Waals surface area (Å²) >= 11 is 0. The zero-order chi connectivity index (χ0) is 13.1. The highest BCUT2D eigenvalue weighted by Crippen LogP contribution is 2.12. The van der Waals surface area contributed by atoms with Gasteiger partial charge in [0.1, 0.15) is 11.5 Å². The summed E-state index contributed by atoms with van der Waals surface area (Å²) in [4.78, 5) is 24.0. The lowest BCUT2D eigenvalue weighted by Gasteiger charge is -2.32. The molecule has 2 rings (SSSR count). The van der Waals surface area contributed by atoms with E-state index in [9.17, 15) is 4.79 Å². The Kier molecular flexibility index (Phi) is 3.76. The molecule has 1 N–H and O–H groups in total. The summed E-state index contributed by atoms with van der Waals surface area (Å²) in [6.07, 6.45) is 3.22. The number of anilines is 1. The number of carbonyl (C=O) groups excluding carboxylic acids is 1. The summed E-state index contributed by atoms with van der Waals surface area (Å²) < 4.78 is 0. The molecule has 0 radical (unpaired) electrons. The summed E-state index contributed by atoms with van der Waals surface area (Å²) in [5.74, 6) is 0.656. The van der Waals surface area contributed by atoms with Crippen LogP contribution in [0.5, 0.6) is 0 Å². The van der Waals surface area contributed by atoms with Gasteiger partial charge in [0.15, 0.2) is 0 Å². The molecule has 98 valence electrons. The molecular formula is C12H19N5O. The van der Waals surface area contributed by atoms with Crippen molar-refractivity contribution in [3.8, 4) is 0 Å². The molecule has 2 heterocycles. The van der Waals surface area contributed by atoms with Crippen molar-refractivity contribution in [3.63, 3.8) is 0 Å². The molecule has 1 amide bonds. The summed E-state index contributed by atoms with van der Waals surface area (Å²) in [5, 5.41) is 3.37. The third kappa shape index (κ3) is 2.76. The third-order valence-corrected chi connectivity index (χ3v) is 2.94. The molecule has 1 fully saturated rings. The highest BCUT2D eigenvalue weighted by Gasteiger charge is 2.19. The van der Waals surface area contributed by atoms with Crippen LogP contribution in [0.3, 0.4) is 0 Å². The highest BCUT2D eigenvalue weighted by molar-refractivity contribution is 5.91. The van der Waals surface area contributed by atoms with Gasteiger partial charge in [0.25, 0.3) is 5.91 Å². The molecule has 0 aliphatic carbocycles. The Morgan fingerprint density at radius 1 is 1.50 bits per heavy atom. The highest BCUT2D eigenvalue weighted by atomic mass is 16.2. The lowest BCUT2D eigenvalue weighted by atomic mass is 10.2. The van der Waals surface area contributed by atoms with Gasteiger partial charge in [0.2, 0.25) is 0 Å². The van der Waals surface area contributed by atoms with Crippen LogP contribution in [0.1, 0.15) is 17.4 Å². The third-order valence-electron chi connectivity index (χ3n) is 2.94. The van der Waals surface area contributed by atoms with Gasteiger partial charge in [-0.15, -0.1) is 0 Å². The molecule has 1 aromatic rings. The van der Waals surface area contributed by atoms with Crippen LogP contribution in [-0.2, 0) is 0 Å². The van der Waals surface area contributed by atoms with Gasteiger partial charge < -0.3 is 15.1 Å². The quantitative estimate of drug-likeness (QED) is 0.798. The van der Waals surface area contributed by atoms with E-state index in [2.05, 4.69) is 27.1 Å². The van der Waals surface area contributed by atoms with Crippen molar-refractivity contribution in [3.05, 3.63) is 18.1 Å². The van der Waals surface area contributed by atoms with E-state index in [0.717, 1.165) is 25.5 Å². The Labute approximate surface area is 107 Å². The summed E-state index contributed by atoms with van der Waals surface area (Å²) in [5.41, 5.74) is 0.392. The molecule has 1 aliphatic rings. The molecule has 0 saturated carbocycles. The smallest absolute Gasteiger partial charge is 0.273 e. The van der Waals surface area contributed by atoms with Crippen LogP contribution in [0.2, 0.25) is 0 Å². The van der Waals surface area contributed by atoms with E-state index in [-0.39, 0.29) is 5.91 Å². The van der Waals surface area contributed by atoms with Gasteiger partial charge in [-0.05, 0) is 6.92 Å². The van der Waals surface area contributed by atoms with E-state index in [4.69, 9.17) is 0 Å². The van der Waals surface area contributed by atoms with E-state index in [0.29, 0.717) is 11.7 Å². The molecule has 18 heavy (non-hydrogen) atoms. The lowest BCUT2D eigenvalue weighted by molar-refractivity contribution is 0.0821. The summed E-state index contributed by atoms with van der Waals surface area (Å²) in [6.45, 7) is 4.83. The molecule has 0 unspecified atom stereocenters. The number of rotatable bonds is 2. The first-order valence-electron chi connectivity index (χ1n) is 6.10. The van der Waals surface area contributed by atoms with Crippen LogP contribution in [0.15, 0.2) is 12.4 Å². The number of nitrogens with zero attached hydrogens (tertiary/aromatic N) is 4.